The highest BCUT2D eigenvalue weighted by atomic mass is 31.2. The number of carbonyl (C=O) groups excluding carboxylic acids is 4. The van der Waals surface area contributed by atoms with E-state index in [9.17, 15) is 43.2 Å². The topological polar surface area (TPSA) is 237 Å². The van der Waals surface area contributed by atoms with Crippen LogP contribution in [-0.4, -0.2) is 96.7 Å². The largest absolute Gasteiger partial charge is 0.472 e. The van der Waals surface area contributed by atoms with Crippen LogP contribution in [-0.2, 0) is 65.4 Å². The number of hydrogen-bond acceptors (Lipinski definition) is 15. The van der Waals surface area contributed by atoms with E-state index in [-0.39, 0.29) is 25.7 Å². The minimum Gasteiger partial charge on any atom is -0.462 e. The molecule has 0 fully saturated rings. The molecule has 594 valence electrons. The van der Waals surface area contributed by atoms with E-state index in [1.165, 1.54) is 218 Å². The minimum absolute atomic E-state index is 0.105. The van der Waals surface area contributed by atoms with Gasteiger partial charge in [0.25, 0.3) is 0 Å². The number of carbonyl (C=O) groups is 4. The summed E-state index contributed by atoms with van der Waals surface area (Å²) in [7, 11) is -9.92. The molecule has 0 rings (SSSR count). The molecule has 0 amide bonds. The van der Waals surface area contributed by atoms with E-state index >= 15 is 0 Å². The molecule has 5 atom stereocenters. The van der Waals surface area contributed by atoms with E-state index in [1.807, 2.05) is 0 Å². The molecule has 0 spiro atoms. The van der Waals surface area contributed by atoms with Gasteiger partial charge >= 0.3 is 39.5 Å². The van der Waals surface area contributed by atoms with E-state index in [0.717, 1.165) is 114 Å². The van der Waals surface area contributed by atoms with Crippen LogP contribution < -0.4 is 0 Å². The van der Waals surface area contributed by atoms with E-state index in [1.54, 1.807) is 0 Å². The normalized spacial score (nSPS) is 14.0. The molecule has 100 heavy (non-hydrogen) atoms. The molecule has 0 aliphatic heterocycles. The van der Waals surface area contributed by atoms with Crippen molar-refractivity contribution >= 4 is 39.5 Å². The average molecular weight is 1470 g/mol. The summed E-state index contributed by atoms with van der Waals surface area (Å²) in [5, 5.41) is 10.6. The number of rotatable bonds is 78. The first kappa shape index (κ1) is 98.1. The van der Waals surface area contributed by atoms with Crippen molar-refractivity contribution in [2.45, 2.75) is 433 Å². The van der Waals surface area contributed by atoms with Crippen LogP contribution in [0.15, 0.2) is 0 Å². The van der Waals surface area contributed by atoms with Gasteiger partial charge in [0, 0.05) is 25.7 Å². The van der Waals surface area contributed by atoms with Gasteiger partial charge in [-0.05, 0) is 49.4 Å². The Morgan fingerprint density at radius 2 is 0.420 bits per heavy atom. The molecule has 0 radical (unpaired) electrons. The van der Waals surface area contributed by atoms with Crippen LogP contribution in [0, 0.1) is 23.7 Å². The predicted molar refractivity (Wildman–Crippen MR) is 409 cm³/mol. The van der Waals surface area contributed by atoms with Gasteiger partial charge in [0.05, 0.1) is 26.4 Å². The van der Waals surface area contributed by atoms with Gasteiger partial charge in [-0.3, -0.25) is 37.3 Å². The number of ether oxygens (including phenoxy) is 4. The van der Waals surface area contributed by atoms with Gasteiger partial charge in [-0.2, -0.15) is 0 Å². The van der Waals surface area contributed by atoms with E-state index in [2.05, 4.69) is 55.4 Å². The lowest BCUT2D eigenvalue weighted by Crippen LogP contribution is -2.30. The standard InChI is InChI=1S/C81H158O17P2/c1-71(2)57-49-41-33-25-19-15-13-11-9-10-12-14-16-22-29-39-47-55-63-80(85)97-76(67-91-78(83)61-53-45-37-28-21-18-17-20-26-34-42-50-58-72(3)4)69-95-99(87,88)93-65-75(82)66-94-100(89,90)96-70-77(68-92-79(84)62-54-46-38-32-31-36-44-52-60-74(7)8)98-81(86)64-56-48-40-30-24-23-27-35-43-51-59-73(5)6/h71-77,82H,9-70H2,1-8H3,(H,87,88)(H,89,90)/t75?,76-,77-/m1/s1. The van der Waals surface area contributed by atoms with Gasteiger partial charge < -0.3 is 33.8 Å². The van der Waals surface area contributed by atoms with Crippen molar-refractivity contribution in [1.82, 2.24) is 0 Å². The fraction of sp³-hybridized carbons (Fsp3) is 0.951. The monoisotopic (exact) mass is 1470 g/mol. The van der Waals surface area contributed by atoms with Crippen LogP contribution in [0.4, 0.5) is 0 Å². The highest BCUT2D eigenvalue weighted by Crippen LogP contribution is 2.45. The number of hydrogen-bond donors (Lipinski definition) is 3. The Hall–Kier alpha value is -1.94. The molecule has 0 bridgehead atoms. The molecule has 0 aromatic heterocycles. The van der Waals surface area contributed by atoms with Crippen molar-refractivity contribution in [3.63, 3.8) is 0 Å². The maximum Gasteiger partial charge on any atom is 0.472 e. The molecule has 0 saturated heterocycles. The second-order valence-electron chi connectivity index (χ2n) is 31.1. The average Bonchev–Trinajstić information content (AvgIpc) is 0.913. The summed E-state index contributed by atoms with van der Waals surface area (Å²) >= 11 is 0. The van der Waals surface area contributed by atoms with E-state index < -0.39 is 97.5 Å². The Morgan fingerprint density at radius 1 is 0.250 bits per heavy atom. The second-order valence-corrected chi connectivity index (χ2v) is 34.0. The van der Waals surface area contributed by atoms with Crippen molar-refractivity contribution in [2.75, 3.05) is 39.6 Å². The van der Waals surface area contributed by atoms with Gasteiger partial charge in [0.2, 0.25) is 0 Å². The second kappa shape index (κ2) is 70.1. The molecule has 19 heteroatoms. The summed E-state index contributed by atoms with van der Waals surface area (Å²) in [5.41, 5.74) is 0. The Morgan fingerprint density at radius 3 is 0.620 bits per heavy atom. The summed E-state index contributed by atoms with van der Waals surface area (Å²) < 4.78 is 68.7. The van der Waals surface area contributed by atoms with Crippen molar-refractivity contribution in [2.24, 2.45) is 23.7 Å². The zero-order valence-corrected chi connectivity index (χ0v) is 67.6. The Kier molecular flexibility index (Phi) is 68.7. The highest BCUT2D eigenvalue weighted by molar-refractivity contribution is 7.47. The number of esters is 4. The molecule has 0 saturated carbocycles. The van der Waals surface area contributed by atoms with Crippen molar-refractivity contribution < 1.29 is 80.2 Å². The van der Waals surface area contributed by atoms with Gasteiger partial charge in [-0.25, -0.2) is 9.13 Å². The lowest BCUT2D eigenvalue weighted by Gasteiger charge is -2.21. The minimum atomic E-state index is -4.96. The highest BCUT2D eigenvalue weighted by Gasteiger charge is 2.30. The summed E-state index contributed by atoms with van der Waals surface area (Å²) in [6, 6.07) is 0. The smallest absolute Gasteiger partial charge is 0.462 e. The Labute approximate surface area is 613 Å². The lowest BCUT2D eigenvalue weighted by atomic mass is 10.0. The fourth-order valence-electron chi connectivity index (χ4n) is 12.4. The van der Waals surface area contributed by atoms with Crippen LogP contribution in [0.5, 0.6) is 0 Å². The van der Waals surface area contributed by atoms with Crippen LogP contribution in [0.2, 0.25) is 0 Å². The molecule has 17 nitrogen and oxygen atoms in total. The van der Waals surface area contributed by atoms with Gasteiger partial charge in [0.1, 0.15) is 19.3 Å². The van der Waals surface area contributed by atoms with E-state index in [4.69, 9.17) is 37.0 Å². The van der Waals surface area contributed by atoms with Crippen molar-refractivity contribution in [1.29, 1.82) is 0 Å². The molecule has 3 unspecified atom stereocenters. The third-order valence-corrected chi connectivity index (χ3v) is 20.7. The molecular weight excluding hydrogens is 1310 g/mol. The van der Waals surface area contributed by atoms with Crippen LogP contribution in [0.1, 0.15) is 415 Å². The number of aliphatic hydroxyl groups excluding tert-OH is 1. The molecule has 0 aromatic carbocycles. The molecule has 0 aliphatic carbocycles. The maximum absolute atomic E-state index is 13.1. The van der Waals surface area contributed by atoms with Crippen LogP contribution in [0.3, 0.4) is 0 Å². The molecule has 3 N–H and O–H groups in total. The van der Waals surface area contributed by atoms with Crippen molar-refractivity contribution in [3.8, 4) is 0 Å². The summed E-state index contributed by atoms with van der Waals surface area (Å²) in [6.07, 6.45) is 57.0. The number of unbranched alkanes of at least 4 members (excludes halogenated alkanes) is 44. The summed E-state index contributed by atoms with van der Waals surface area (Å²) in [5.74, 6) is 0.966. The lowest BCUT2D eigenvalue weighted by molar-refractivity contribution is -0.161. The Bertz CT molecular complexity index is 1950. The summed E-state index contributed by atoms with van der Waals surface area (Å²) in [6.45, 7) is 14.2. The molecular formula is C81H158O17P2. The molecule has 0 aliphatic rings. The first-order valence-electron chi connectivity index (χ1n) is 41.7. The molecule has 0 heterocycles. The predicted octanol–water partition coefficient (Wildman–Crippen LogP) is 24.0. The van der Waals surface area contributed by atoms with Crippen LogP contribution in [0.25, 0.3) is 0 Å². The maximum atomic E-state index is 13.1. The number of phosphoric ester groups is 2. The first-order valence-corrected chi connectivity index (χ1v) is 44.7. The third kappa shape index (κ3) is 74.3. The fourth-order valence-corrected chi connectivity index (χ4v) is 14.0. The number of phosphoric acid groups is 2. The summed E-state index contributed by atoms with van der Waals surface area (Å²) in [4.78, 5) is 73.0. The van der Waals surface area contributed by atoms with Gasteiger partial charge in [-0.15, -0.1) is 0 Å². The van der Waals surface area contributed by atoms with Gasteiger partial charge in [0.15, 0.2) is 12.2 Å². The zero-order chi connectivity index (χ0) is 73.8. The van der Waals surface area contributed by atoms with E-state index in [0.29, 0.717) is 25.7 Å². The number of aliphatic hydroxyl groups is 1. The van der Waals surface area contributed by atoms with Gasteiger partial charge in [-0.1, -0.05) is 364 Å². The molecule has 0 aromatic rings. The SMILES string of the molecule is CC(C)CCCCCCCCCCCCCCCCCCCCC(=O)O[C@H](COC(=O)CCCCCCCCCCCCCCC(C)C)COP(=O)(O)OCC(O)COP(=O)(O)OC[C@@H](COC(=O)CCCCCCCCCCC(C)C)OC(=O)CCCCCCCCCCCCC(C)C. The zero-order valence-electron chi connectivity index (χ0n) is 65.8. The van der Waals surface area contributed by atoms with Crippen LogP contribution >= 0.6 is 15.6 Å². The first-order chi connectivity index (χ1) is 48.1. The third-order valence-electron chi connectivity index (χ3n) is 18.8. The Balaban J connectivity index is 5.23. The van der Waals surface area contributed by atoms with Crippen molar-refractivity contribution in [3.05, 3.63) is 0 Å². The quantitative estimate of drug-likeness (QED) is 0.0222.